The molecule has 2 nitrogen and oxygen atoms in total. The van der Waals surface area contributed by atoms with E-state index in [0.29, 0.717) is 18.1 Å². The largest absolute Gasteiger partial charge is 0.491 e. The number of allylic oxidation sites excluding steroid dienone is 3. The third kappa shape index (κ3) is 1.97. The van der Waals surface area contributed by atoms with Crippen molar-refractivity contribution in [1.29, 1.82) is 0 Å². The van der Waals surface area contributed by atoms with Crippen LogP contribution in [0.3, 0.4) is 0 Å². The summed E-state index contributed by atoms with van der Waals surface area (Å²) in [5, 5.41) is 0. The van der Waals surface area contributed by atoms with Gasteiger partial charge in [-0.3, -0.25) is 0 Å². The van der Waals surface area contributed by atoms with E-state index in [0.717, 1.165) is 12.8 Å². The van der Waals surface area contributed by atoms with Crippen molar-refractivity contribution in [2.75, 3.05) is 0 Å². The fourth-order valence-corrected chi connectivity index (χ4v) is 1.22. The van der Waals surface area contributed by atoms with Crippen LogP contribution in [0.2, 0.25) is 0 Å². The van der Waals surface area contributed by atoms with E-state index in [9.17, 15) is 9.18 Å². The summed E-state index contributed by atoms with van der Waals surface area (Å²) in [5.74, 6) is -0.0350. The number of hydrogen-bond donors (Lipinski definition) is 0. The van der Waals surface area contributed by atoms with Crippen molar-refractivity contribution in [3.8, 4) is 0 Å². The molecule has 13 heavy (non-hydrogen) atoms. The van der Waals surface area contributed by atoms with Crippen molar-refractivity contribution in [1.82, 2.24) is 0 Å². The van der Waals surface area contributed by atoms with Gasteiger partial charge in [0.1, 0.15) is 18.2 Å². The van der Waals surface area contributed by atoms with Gasteiger partial charge in [-0.25, -0.2) is 4.39 Å². The second kappa shape index (κ2) is 3.32. The quantitative estimate of drug-likeness (QED) is 0.622. The van der Waals surface area contributed by atoms with Crippen LogP contribution in [0.25, 0.3) is 0 Å². The third-order valence-electron chi connectivity index (χ3n) is 2.15. The molecule has 2 rings (SSSR count). The maximum Gasteiger partial charge on any atom is 0.132 e. The Balaban J connectivity index is 2.01. The number of rotatable bonds is 3. The van der Waals surface area contributed by atoms with Crippen molar-refractivity contribution in [3.63, 3.8) is 0 Å². The highest BCUT2D eigenvalue weighted by Crippen LogP contribution is 2.29. The molecule has 1 saturated carbocycles. The highest BCUT2D eigenvalue weighted by Gasteiger charge is 2.26. The first-order chi connectivity index (χ1) is 6.29. The van der Waals surface area contributed by atoms with E-state index in [-0.39, 0.29) is 0 Å². The molecule has 0 aromatic heterocycles. The number of hydrogen-bond acceptors (Lipinski definition) is 2. The molecule has 2 unspecified atom stereocenters. The predicted molar refractivity (Wildman–Crippen MR) is 45.8 cm³/mol. The third-order valence-corrected chi connectivity index (χ3v) is 2.15. The molecule has 0 aliphatic heterocycles. The maximum atomic E-state index is 13.0. The SMILES string of the molecule is O=CC1C=C(OC2CC2)C=CC1F. The Bertz CT molecular complexity index is 266. The van der Waals surface area contributed by atoms with Crippen molar-refractivity contribution < 1.29 is 13.9 Å². The monoisotopic (exact) mass is 182 g/mol. The van der Waals surface area contributed by atoms with Gasteiger partial charge in [0.15, 0.2) is 0 Å². The molecule has 3 heteroatoms. The predicted octanol–water partition coefficient (Wildman–Crippen LogP) is 1.77. The molecule has 70 valence electrons. The van der Waals surface area contributed by atoms with E-state index in [1.165, 1.54) is 6.08 Å². The molecular formula is C10H11FO2. The van der Waals surface area contributed by atoms with E-state index < -0.39 is 12.1 Å². The standard InChI is InChI=1S/C10H11FO2/c11-10-4-3-9(5-7(10)6-12)13-8-1-2-8/h3-8,10H,1-2H2. The number of carbonyl (C=O) groups is 1. The lowest BCUT2D eigenvalue weighted by molar-refractivity contribution is -0.111. The summed E-state index contributed by atoms with van der Waals surface area (Å²) in [5.41, 5.74) is 0. The zero-order valence-corrected chi connectivity index (χ0v) is 7.15. The van der Waals surface area contributed by atoms with E-state index >= 15 is 0 Å². The van der Waals surface area contributed by atoms with Crippen LogP contribution in [0.4, 0.5) is 4.39 Å². The van der Waals surface area contributed by atoms with Crippen LogP contribution in [0.1, 0.15) is 12.8 Å². The Kier molecular flexibility index (Phi) is 2.17. The summed E-state index contributed by atoms with van der Waals surface area (Å²) in [6.07, 6.45) is 6.37. The van der Waals surface area contributed by atoms with Crippen LogP contribution in [0, 0.1) is 5.92 Å². The second-order valence-corrected chi connectivity index (χ2v) is 3.40. The fourth-order valence-electron chi connectivity index (χ4n) is 1.22. The number of halogens is 1. The van der Waals surface area contributed by atoms with Gasteiger partial charge in [-0.05, 0) is 31.1 Å². The first kappa shape index (κ1) is 8.48. The molecule has 0 bridgehead atoms. The van der Waals surface area contributed by atoms with Gasteiger partial charge in [0, 0.05) is 0 Å². The summed E-state index contributed by atoms with van der Waals surface area (Å²) in [6.45, 7) is 0. The molecule has 0 aromatic rings. The molecule has 0 saturated heterocycles. The molecule has 1 fully saturated rings. The van der Waals surface area contributed by atoms with Gasteiger partial charge in [-0.1, -0.05) is 0 Å². The minimum atomic E-state index is -1.19. The minimum absolute atomic E-state index is 0.291. The minimum Gasteiger partial charge on any atom is -0.491 e. The first-order valence-corrected chi connectivity index (χ1v) is 4.45. The number of ether oxygens (including phenoxy) is 1. The van der Waals surface area contributed by atoms with Crippen LogP contribution in [0.5, 0.6) is 0 Å². The van der Waals surface area contributed by atoms with E-state index in [2.05, 4.69) is 0 Å². The number of alkyl halides is 1. The highest BCUT2D eigenvalue weighted by atomic mass is 19.1. The lowest BCUT2D eigenvalue weighted by atomic mass is 10.00. The lowest BCUT2D eigenvalue weighted by Crippen LogP contribution is -2.17. The molecule has 0 amide bonds. The molecule has 0 aromatic carbocycles. The van der Waals surface area contributed by atoms with Gasteiger partial charge >= 0.3 is 0 Å². The highest BCUT2D eigenvalue weighted by molar-refractivity contribution is 5.59. The van der Waals surface area contributed by atoms with E-state index in [4.69, 9.17) is 4.74 Å². The van der Waals surface area contributed by atoms with Gasteiger partial charge in [0.2, 0.25) is 0 Å². The van der Waals surface area contributed by atoms with E-state index in [1.54, 1.807) is 12.2 Å². The number of aldehydes is 1. The molecule has 0 radical (unpaired) electrons. The lowest BCUT2D eigenvalue weighted by Gasteiger charge is -2.15. The second-order valence-electron chi connectivity index (χ2n) is 3.40. The average Bonchev–Trinajstić information content (AvgIpc) is 2.92. The molecule has 2 aliphatic carbocycles. The topological polar surface area (TPSA) is 26.3 Å². The van der Waals surface area contributed by atoms with Gasteiger partial charge in [-0.15, -0.1) is 0 Å². The van der Waals surface area contributed by atoms with Crippen LogP contribution in [-0.4, -0.2) is 18.6 Å². The molecule has 0 N–H and O–H groups in total. The summed E-state index contributed by atoms with van der Waals surface area (Å²) < 4.78 is 18.4. The van der Waals surface area contributed by atoms with Crippen molar-refractivity contribution in [3.05, 3.63) is 24.0 Å². The Morgan fingerprint density at radius 2 is 2.31 bits per heavy atom. The van der Waals surface area contributed by atoms with Gasteiger partial charge in [0.05, 0.1) is 12.0 Å². The Morgan fingerprint density at radius 3 is 2.92 bits per heavy atom. The summed E-state index contributed by atoms with van der Waals surface area (Å²) in [7, 11) is 0. The zero-order valence-electron chi connectivity index (χ0n) is 7.15. The van der Waals surface area contributed by atoms with Crippen LogP contribution in [0.15, 0.2) is 24.0 Å². The Morgan fingerprint density at radius 1 is 1.54 bits per heavy atom. The van der Waals surface area contributed by atoms with Crippen LogP contribution in [-0.2, 0) is 9.53 Å². The zero-order chi connectivity index (χ0) is 9.26. The summed E-state index contributed by atoms with van der Waals surface area (Å²) >= 11 is 0. The molecule has 2 atom stereocenters. The molecular weight excluding hydrogens is 171 g/mol. The van der Waals surface area contributed by atoms with Gasteiger partial charge in [-0.2, -0.15) is 0 Å². The average molecular weight is 182 g/mol. The molecule has 0 heterocycles. The smallest absolute Gasteiger partial charge is 0.132 e. The summed E-state index contributed by atoms with van der Waals surface area (Å²) in [6, 6.07) is 0. The van der Waals surface area contributed by atoms with Gasteiger partial charge in [0.25, 0.3) is 0 Å². The Labute approximate surface area is 76.1 Å². The number of carbonyl (C=O) groups excluding carboxylic acids is 1. The fraction of sp³-hybridized carbons (Fsp3) is 0.500. The van der Waals surface area contributed by atoms with Crippen LogP contribution < -0.4 is 0 Å². The molecule has 0 spiro atoms. The van der Waals surface area contributed by atoms with E-state index in [1.807, 2.05) is 0 Å². The Hall–Kier alpha value is -1.12. The molecule has 2 aliphatic rings. The first-order valence-electron chi connectivity index (χ1n) is 4.45. The van der Waals surface area contributed by atoms with Crippen molar-refractivity contribution in [2.45, 2.75) is 25.1 Å². The van der Waals surface area contributed by atoms with Crippen LogP contribution >= 0.6 is 0 Å². The maximum absolute atomic E-state index is 13.0. The van der Waals surface area contributed by atoms with Crippen molar-refractivity contribution >= 4 is 6.29 Å². The normalized spacial score (nSPS) is 32.5. The van der Waals surface area contributed by atoms with Crippen molar-refractivity contribution in [2.24, 2.45) is 5.92 Å². The summed E-state index contributed by atoms with van der Waals surface area (Å²) in [4.78, 5) is 10.4. The van der Waals surface area contributed by atoms with Gasteiger partial charge < -0.3 is 9.53 Å².